The van der Waals surface area contributed by atoms with E-state index < -0.39 is 5.97 Å². The summed E-state index contributed by atoms with van der Waals surface area (Å²) >= 11 is 3.30. The molecule has 2 N–H and O–H groups in total. The van der Waals surface area contributed by atoms with Gasteiger partial charge < -0.3 is 19.9 Å². The van der Waals surface area contributed by atoms with E-state index in [9.17, 15) is 4.79 Å². The van der Waals surface area contributed by atoms with Crippen LogP contribution in [0.15, 0.2) is 28.7 Å². The van der Waals surface area contributed by atoms with Gasteiger partial charge in [0.25, 0.3) is 0 Å². The third-order valence-electron chi connectivity index (χ3n) is 2.56. The molecular formula is C13H12BrN3O4. The zero-order chi connectivity index (χ0) is 15.4. The van der Waals surface area contributed by atoms with Crippen LogP contribution in [0.4, 0.5) is 11.6 Å². The van der Waals surface area contributed by atoms with E-state index in [0.717, 1.165) is 0 Å². The molecule has 0 saturated carbocycles. The summed E-state index contributed by atoms with van der Waals surface area (Å²) in [4.78, 5) is 19.2. The van der Waals surface area contributed by atoms with Crippen molar-refractivity contribution in [2.45, 2.75) is 0 Å². The zero-order valence-corrected chi connectivity index (χ0v) is 12.8. The summed E-state index contributed by atoms with van der Waals surface area (Å²) in [5, 5.41) is 11.9. The monoisotopic (exact) mass is 353 g/mol. The standard InChI is InChI=1S/C13H12BrN3O4/c1-20-10-6-11(21-2)17-13(16-10)15-9-4-3-7(12(18)19)5-8(9)14/h3-6H,1-2H3,(H,18,19)(H,15,16,17). The molecule has 110 valence electrons. The van der Waals surface area contributed by atoms with Crippen molar-refractivity contribution >= 4 is 33.5 Å². The first-order valence-corrected chi connectivity index (χ1v) is 6.59. The van der Waals surface area contributed by atoms with E-state index in [1.807, 2.05) is 0 Å². The Labute approximate surface area is 129 Å². The van der Waals surface area contributed by atoms with E-state index in [4.69, 9.17) is 14.6 Å². The molecule has 1 heterocycles. The minimum atomic E-state index is -0.999. The first kappa shape index (κ1) is 15.0. The maximum Gasteiger partial charge on any atom is 0.335 e. The number of rotatable bonds is 5. The molecule has 0 amide bonds. The predicted octanol–water partition coefficient (Wildman–Crippen LogP) is 2.70. The molecule has 8 heteroatoms. The minimum absolute atomic E-state index is 0.177. The zero-order valence-electron chi connectivity index (χ0n) is 11.3. The lowest BCUT2D eigenvalue weighted by atomic mass is 10.2. The van der Waals surface area contributed by atoms with Crippen molar-refractivity contribution < 1.29 is 19.4 Å². The summed E-state index contributed by atoms with van der Waals surface area (Å²) in [6.07, 6.45) is 0. The number of methoxy groups -OCH3 is 2. The van der Waals surface area contributed by atoms with Gasteiger partial charge in [-0.2, -0.15) is 9.97 Å². The fourth-order valence-corrected chi connectivity index (χ4v) is 2.02. The number of nitrogens with zero attached hydrogens (tertiary/aromatic N) is 2. The lowest BCUT2D eigenvalue weighted by Gasteiger charge is -2.10. The number of anilines is 2. The molecule has 0 radical (unpaired) electrons. The summed E-state index contributed by atoms with van der Waals surface area (Å²) in [6.45, 7) is 0. The third-order valence-corrected chi connectivity index (χ3v) is 3.22. The number of halogens is 1. The number of hydrogen-bond acceptors (Lipinski definition) is 6. The molecular weight excluding hydrogens is 342 g/mol. The van der Waals surface area contributed by atoms with Crippen LogP contribution in [0.2, 0.25) is 0 Å². The molecule has 7 nitrogen and oxygen atoms in total. The summed E-state index contributed by atoms with van der Waals surface area (Å²) in [5.41, 5.74) is 0.798. The number of carboxylic acid groups (broad SMARTS) is 1. The molecule has 2 aromatic rings. The van der Waals surface area contributed by atoms with E-state index in [1.165, 1.54) is 26.4 Å². The molecule has 1 aromatic carbocycles. The first-order valence-electron chi connectivity index (χ1n) is 5.80. The van der Waals surface area contributed by atoms with Gasteiger partial charge >= 0.3 is 5.97 Å². The van der Waals surface area contributed by atoms with Crippen molar-refractivity contribution in [3.8, 4) is 11.8 Å². The van der Waals surface area contributed by atoms with Gasteiger partial charge in [0.15, 0.2) is 0 Å². The van der Waals surface area contributed by atoms with Gasteiger partial charge in [0, 0.05) is 4.47 Å². The molecule has 0 fully saturated rings. The summed E-state index contributed by atoms with van der Waals surface area (Å²) < 4.78 is 10.7. The Morgan fingerprint density at radius 2 is 1.81 bits per heavy atom. The number of ether oxygens (including phenoxy) is 2. The molecule has 21 heavy (non-hydrogen) atoms. The number of benzene rings is 1. The SMILES string of the molecule is COc1cc(OC)nc(Nc2ccc(C(=O)O)cc2Br)n1. The number of aromatic carboxylic acids is 1. The predicted molar refractivity (Wildman–Crippen MR) is 79.5 cm³/mol. The molecule has 0 spiro atoms. The van der Waals surface area contributed by atoms with Gasteiger partial charge in [-0.25, -0.2) is 4.79 Å². The van der Waals surface area contributed by atoms with Crippen LogP contribution < -0.4 is 14.8 Å². The van der Waals surface area contributed by atoms with Crippen molar-refractivity contribution in [3.05, 3.63) is 34.3 Å². The number of hydrogen-bond donors (Lipinski definition) is 2. The quantitative estimate of drug-likeness (QED) is 0.853. The molecule has 0 atom stereocenters. The van der Waals surface area contributed by atoms with Gasteiger partial charge in [-0.15, -0.1) is 0 Å². The van der Waals surface area contributed by atoms with Crippen LogP contribution in [0, 0.1) is 0 Å². The second-order valence-electron chi connectivity index (χ2n) is 3.90. The lowest BCUT2D eigenvalue weighted by molar-refractivity contribution is 0.0697. The summed E-state index contributed by atoms with van der Waals surface area (Å²) in [5.74, 6) is -0.0261. The molecule has 0 aliphatic rings. The number of aromatic nitrogens is 2. The second kappa shape index (κ2) is 6.40. The van der Waals surface area contributed by atoms with Crippen molar-refractivity contribution in [1.29, 1.82) is 0 Å². The summed E-state index contributed by atoms with van der Waals surface area (Å²) in [7, 11) is 2.98. The van der Waals surface area contributed by atoms with Crippen LogP contribution in [-0.2, 0) is 0 Å². The van der Waals surface area contributed by atoms with E-state index in [-0.39, 0.29) is 11.5 Å². The van der Waals surface area contributed by atoms with E-state index in [2.05, 4.69) is 31.2 Å². The molecule has 0 aliphatic heterocycles. The van der Waals surface area contributed by atoms with Crippen molar-refractivity contribution in [1.82, 2.24) is 9.97 Å². The molecule has 1 aromatic heterocycles. The maximum absolute atomic E-state index is 10.9. The van der Waals surface area contributed by atoms with Crippen molar-refractivity contribution in [2.75, 3.05) is 19.5 Å². The molecule has 0 aliphatic carbocycles. The Morgan fingerprint density at radius 3 is 2.29 bits per heavy atom. The largest absolute Gasteiger partial charge is 0.481 e. The van der Waals surface area contributed by atoms with E-state index in [0.29, 0.717) is 21.9 Å². The average Bonchev–Trinajstić information content (AvgIpc) is 2.48. The summed E-state index contributed by atoms with van der Waals surface area (Å²) in [6, 6.07) is 6.13. The topological polar surface area (TPSA) is 93.6 Å². The normalized spacial score (nSPS) is 10.0. The number of nitrogens with one attached hydrogen (secondary N) is 1. The van der Waals surface area contributed by atoms with Gasteiger partial charge in [0.1, 0.15) is 0 Å². The Kier molecular flexibility index (Phi) is 4.59. The van der Waals surface area contributed by atoms with Crippen molar-refractivity contribution in [3.63, 3.8) is 0 Å². The van der Waals surface area contributed by atoms with Crippen LogP contribution in [-0.4, -0.2) is 35.3 Å². The Bertz CT molecular complexity index is 656. The van der Waals surface area contributed by atoms with Gasteiger partial charge in [-0.3, -0.25) is 0 Å². The average molecular weight is 354 g/mol. The highest BCUT2D eigenvalue weighted by molar-refractivity contribution is 9.10. The lowest BCUT2D eigenvalue weighted by Crippen LogP contribution is -2.02. The third kappa shape index (κ3) is 3.60. The molecule has 0 bridgehead atoms. The van der Waals surface area contributed by atoms with E-state index in [1.54, 1.807) is 12.1 Å². The fraction of sp³-hybridized carbons (Fsp3) is 0.154. The van der Waals surface area contributed by atoms with Crippen LogP contribution >= 0.6 is 15.9 Å². The maximum atomic E-state index is 10.9. The first-order chi connectivity index (χ1) is 10.0. The smallest absolute Gasteiger partial charge is 0.335 e. The highest BCUT2D eigenvalue weighted by Gasteiger charge is 2.10. The minimum Gasteiger partial charge on any atom is -0.481 e. The van der Waals surface area contributed by atoms with Gasteiger partial charge in [0.2, 0.25) is 17.7 Å². The Hall–Kier alpha value is -2.35. The number of carbonyl (C=O) groups is 1. The molecule has 0 unspecified atom stereocenters. The number of carboxylic acids is 1. The van der Waals surface area contributed by atoms with Crippen molar-refractivity contribution in [2.24, 2.45) is 0 Å². The Balaban J connectivity index is 2.31. The van der Waals surface area contributed by atoms with Crippen LogP contribution in [0.25, 0.3) is 0 Å². The molecule has 2 rings (SSSR count). The van der Waals surface area contributed by atoms with E-state index >= 15 is 0 Å². The van der Waals surface area contributed by atoms with Crippen LogP contribution in [0.1, 0.15) is 10.4 Å². The van der Waals surface area contributed by atoms with Crippen LogP contribution in [0.5, 0.6) is 11.8 Å². The van der Waals surface area contributed by atoms with Gasteiger partial charge in [0.05, 0.1) is 31.5 Å². The van der Waals surface area contributed by atoms with Gasteiger partial charge in [-0.05, 0) is 34.1 Å². The second-order valence-corrected chi connectivity index (χ2v) is 4.76. The van der Waals surface area contributed by atoms with Crippen LogP contribution in [0.3, 0.4) is 0 Å². The highest BCUT2D eigenvalue weighted by Crippen LogP contribution is 2.27. The molecule has 0 saturated heterocycles. The Morgan fingerprint density at radius 1 is 1.19 bits per heavy atom. The fourth-order valence-electron chi connectivity index (χ4n) is 1.54. The highest BCUT2D eigenvalue weighted by atomic mass is 79.9. The van der Waals surface area contributed by atoms with Gasteiger partial charge in [-0.1, -0.05) is 0 Å².